The number of rotatable bonds is 6. The van der Waals surface area contributed by atoms with Crippen molar-refractivity contribution >= 4 is 0 Å². The smallest absolute Gasteiger partial charge is 0.0104 e. The van der Waals surface area contributed by atoms with Gasteiger partial charge in [0.1, 0.15) is 0 Å². The third-order valence-corrected chi connectivity index (χ3v) is 4.66. The van der Waals surface area contributed by atoms with Gasteiger partial charge >= 0.3 is 0 Å². The average Bonchev–Trinajstić information content (AvgIpc) is 2.24. The van der Waals surface area contributed by atoms with Crippen LogP contribution in [0.3, 0.4) is 0 Å². The van der Waals surface area contributed by atoms with Gasteiger partial charge in [0.2, 0.25) is 0 Å². The number of likely N-dealkylation sites (N-methyl/N-ethyl adjacent to an activating group) is 1. The molecule has 2 atom stereocenters. The monoisotopic (exact) mass is 238 g/mol. The fourth-order valence-corrected chi connectivity index (χ4v) is 3.29. The van der Waals surface area contributed by atoms with E-state index in [1.165, 1.54) is 64.6 Å². The summed E-state index contributed by atoms with van der Waals surface area (Å²) in [4.78, 5) is 2.52. The van der Waals surface area contributed by atoms with E-state index in [2.05, 4.69) is 24.2 Å². The molecule has 2 fully saturated rings. The van der Waals surface area contributed by atoms with Gasteiger partial charge < -0.3 is 10.2 Å². The fraction of sp³-hybridized carbons (Fsp3) is 1.00. The van der Waals surface area contributed by atoms with Crippen LogP contribution in [0.2, 0.25) is 0 Å². The van der Waals surface area contributed by atoms with Crippen LogP contribution in [0.15, 0.2) is 0 Å². The summed E-state index contributed by atoms with van der Waals surface area (Å²) in [6.07, 6.45) is 10.1. The van der Waals surface area contributed by atoms with Crippen LogP contribution in [0.1, 0.15) is 51.9 Å². The molecule has 1 N–H and O–H groups in total. The van der Waals surface area contributed by atoms with E-state index in [1.807, 2.05) is 0 Å². The predicted molar refractivity (Wildman–Crippen MR) is 74.3 cm³/mol. The summed E-state index contributed by atoms with van der Waals surface area (Å²) in [6, 6.07) is 0.802. The van der Waals surface area contributed by atoms with Crippen LogP contribution in [-0.2, 0) is 0 Å². The summed E-state index contributed by atoms with van der Waals surface area (Å²) in [5, 5.41) is 3.75. The zero-order valence-corrected chi connectivity index (χ0v) is 11.8. The zero-order chi connectivity index (χ0) is 12.1. The van der Waals surface area contributed by atoms with E-state index in [-0.39, 0.29) is 0 Å². The third kappa shape index (κ3) is 4.59. The van der Waals surface area contributed by atoms with Crippen molar-refractivity contribution in [1.29, 1.82) is 0 Å². The highest BCUT2D eigenvalue weighted by atomic mass is 15.1. The van der Waals surface area contributed by atoms with Gasteiger partial charge in [-0.25, -0.2) is 0 Å². The Bertz CT molecular complexity index is 213. The van der Waals surface area contributed by atoms with Crippen molar-refractivity contribution < 1.29 is 0 Å². The molecule has 17 heavy (non-hydrogen) atoms. The molecule has 0 aromatic carbocycles. The second-order valence-corrected chi connectivity index (χ2v) is 6.48. The van der Waals surface area contributed by atoms with E-state index in [4.69, 9.17) is 0 Å². The lowest BCUT2D eigenvalue weighted by atomic mass is 9.85. The van der Waals surface area contributed by atoms with E-state index in [1.54, 1.807) is 0 Å². The highest BCUT2D eigenvalue weighted by Crippen LogP contribution is 2.26. The van der Waals surface area contributed by atoms with Gasteiger partial charge in [0.25, 0.3) is 0 Å². The quantitative estimate of drug-likeness (QED) is 0.765. The van der Waals surface area contributed by atoms with E-state index in [0.29, 0.717) is 0 Å². The first-order chi connectivity index (χ1) is 8.24. The lowest BCUT2D eigenvalue weighted by Crippen LogP contribution is -2.39. The molecular formula is C15H30N2. The Labute approximate surface area is 107 Å². The Morgan fingerprint density at radius 3 is 2.53 bits per heavy atom. The molecule has 0 aliphatic heterocycles. The van der Waals surface area contributed by atoms with Crippen LogP contribution < -0.4 is 5.32 Å². The number of nitrogens with one attached hydrogen (secondary N) is 1. The van der Waals surface area contributed by atoms with Crippen molar-refractivity contribution in [2.24, 2.45) is 11.8 Å². The molecule has 0 amide bonds. The average molecular weight is 238 g/mol. The standard InChI is InChI=1S/C15H30N2/c1-13-5-3-8-15(11-13)16-9-10-17(2)12-14-6-4-7-14/h13-16H,3-12H2,1-2H3. The fourth-order valence-electron chi connectivity index (χ4n) is 3.29. The molecule has 0 saturated heterocycles. The molecule has 2 aliphatic carbocycles. The number of hydrogen-bond donors (Lipinski definition) is 1. The molecular weight excluding hydrogens is 208 g/mol. The van der Waals surface area contributed by atoms with Crippen LogP contribution in [0.4, 0.5) is 0 Å². The van der Waals surface area contributed by atoms with Gasteiger partial charge in [0.15, 0.2) is 0 Å². The molecule has 2 unspecified atom stereocenters. The summed E-state index contributed by atoms with van der Waals surface area (Å²) in [6.45, 7) is 6.13. The van der Waals surface area contributed by atoms with E-state index < -0.39 is 0 Å². The van der Waals surface area contributed by atoms with Crippen molar-refractivity contribution in [3.63, 3.8) is 0 Å². The van der Waals surface area contributed by atoms with E-state index in [9.17, 15) is 0 Å². The third-order valence-electron chi connectivity index (χ3n) is 4.66. The van der Waals surface area contributed by atoms with Crippen LogP contribution in [0.25, 0.3) is 0 Å². The van der Waals surface area contributed by atoms with Crippen LogP contribution >= 0.6 is 0 Å². The van der Waals surface area contributed by atoms with Crippen molar-refractivity contribution in [2.45, 2.75) is 57.9 Å². The lowest BCUT2D eigenvalue weighted by molar-refractivity contribution is 0.201. The van der Waals surface area contributed by atoms with Crippen LogP contribution in [-0.4, -0.2) is 37.6 Å². The molecule has 0 heterocycles. The summed E-state index contributed by atoms with van der Waals surface area (Å²) >= 11 is 0. The second-order valence-electron chi connectivity index (χ2n) is 6.48. The molecule has 2 nitrogen and oxygen atoms in total. The number of hydrogen-bond acceptors (Lipinski definition) is 2. The Hall–Kier alpha value is -0.0800. The van der Waals surface area contributed by atoms with Crippen molar-refractivity contribution in [1.82, 2.24) is 10.2 Å². The molecule has 2 heteroatoms. The normalized spacial score (nSPS) is 30.5. The Morgan fingerprint density at radius 1 is 1.12 bits per heavy atom. The number of nitrogens with zero attached hydrogens (tertiary/aromatic N) is 1. The topological polar surface area (TPSA) is 15.3 Å². The van der Waals surface area contributed by atoms with Gasteiger partial charge in [-0.2, -0.15) is 0 Å². The largest absolute Gasteiger partial charge is 0.313 e. The molecule has 0 aromatic rings. The van der Waals surface area contributed by atoms with Gasteiger partial charge in [-0.15, -0.1) is 0 Å². The highest BCUT2D eigenvalue weighted by molar-refractivity contribution is 4.77. The van der Waals surface area contributed by atoms with Gasteiger partial charge in [-0.1, -0.05) is 26.2 Å². The molecule has 2 rings (SSSR count). The Morgan fingerprint density at radius 2 is 1.88 bits per heavy atom. The van der Waals surface area contributed by atoms with Crippen LogP contribution in [0.5, 0.6) is 0 Å². The Balaban J connectivity index is 1.52. The van der Waals surface area contributed by atoms with Crippen molar-refractivity contribution in [3.8, 4) is 0 Å². The van der Waals surface area contributed by atoms with E-state index in [0.717, 1.165) is 17.9 Å². The van der Waals surface area contributed by atoms with Gasteiger partial charge in [0, 0.05) is 25.7 Å². The maximum absolute atomic E-state index is 3.75. The van der Waals surface area contributed by atoms with E-state index >= 15 is 0 Å². The molecule has 0 radical (unpaired) electrons. The van der Waals surface area contributed by atoms with Crippen LogP contribution in [0, 0.1) is 11.8 Å². The first-order valence-corrected chi connectivity index (χ1v) is 7.66. The molecule has 0 spiro atoms. The molecule has 2 aliphatic rings. The van der Waals surface area contributed by atoms with Crippen molar-refractivity contribution in [2.75, 3.05) is 26.7 Å². The highest BCUT2D eigenvalue weighted by Gasteiger charge is 2.20. The summed E-state index contributed by atoms with van der Waals surface area (Å²) in [5.74, 6) is 1.95. The first-order valence-electron chi connectivity index (χ1n) is 7.66. The summed E-state index contributed by atoms with van der Waals surface area (Å²) in [5.41, 5.74) is 0. The van der Waals surface area contributed by atoms with Gasteiger partial charge in [-0.05, 0) is 44.6 Å². The molecule has 2 saturated carbocycles. The summed E-state index contributed by atoms with van der Waals surface area (Å²) < 4.78 is 0. The molecule has 0 aromatic heterocycles. The van der Waals surface area contributed by atoms with Crippen molar-refractivity contribution in [3.05, 3.63) is 0 Å². The predicted octanol–water partition coefficient (Wildman–Crippen LogP) is 2.89. The minimum Gasteiger partial charge on any atom is -0.313 e. The molecule has 100 valence electrons. The zero-order valence-electron chi connectivity index (χ0n) is 11.8. The second kappa shape index (κ2) is 6.75. The maximum Gasteiger partial charge on any atom is 0.0104 e. The minimum absolute atomic E-state index is 0.802. The minimum atomic E-state index is 0.802. The Kier molecular flexibility index (Phi) is 5.30. The SMILES string of the molecule is CC1CCCC(NCCN(C)CC2CCC2)C1. The van der Waals surface area contributed by atoms with Gasteiger partial charge in [0.05, 0.1) is 0 Å². The first kappa shape index (κ1) is 13.4. The van der Waals surface area contributed by atoms with Gasteiger partial charge in [-0.3, -0.25) is 0 Å². The summed E-state index contributed by atoms with van der Waals surface area (Å²) in [7, 11) is 2.28. The molecule has 0 bridgehead atoms. The lowest BCUT2D eigenvalue weighted by Gasteiger charge is -2.31. The maximum atomic E-state index is 3.75.